The zero-order valence-electron chi connectivity index (χ0n) is 18.0. The van der Waals surface area contributed by atoms with E-state index in [2.05, 4.69) is 43.4 Å². The first-order chi connectivity index (χ1) is 14.8. The molecule has 0 saturated carbocycles. The number of ether oxygens (including phenoxy) is 1. The van der Waals surface area contributed by atoms with Gasteiger partial charge in [-0.15, -0.1) is 0 Å². The third kappa shape index (κ3) is 6.88. The van der Waals surface area contributed by atoms with E-state index in [9.17, 15) is 0 Å². The Bertz CT molecular complexity index is 776. The average molecular weight is 412 g/mol. The highest BCUT2D eigenvalue weighted by molar-refractivity contribution is 5.79. The molecule has 0 aliphatic carbocycles. The summed E-state index contributed by atoms with van der Waals surface area (Å²) in [6.07, 6.45) is 4.68. The van der Waals surface area contributed by atoms with E-state index in [1.54, 1.807) is 19.5 Å². The molecule has 1 aromatic heterocycles. The van der Waals surface area contributed by atoms with Gasteiger partial charge in [0.25, 0.3) is 0 Å². The Morgan fingerprint density at radius 2 is 1.90 bits per heavy atom. The minimum Gasteiger partial charge on any atom is -0.497 e. The van der Waals surface area contributed by atoms with Crippen molar-refractivity contribution in [3.05, 3.63) is 48.3 Å². The number of nitrogens with zero attached hydrogens (tertiary/aromatic N) is 5. The summed E-state index contributed by atoms with van der Waals surface area (Å²) in [5.41, 5.74) is 1.13. The van der Waals surface area contributed by atoms with Crippen molar-refractivity contribution < 1.29 is 4.74 Å². The molecule has 2 N–H and O–H groups in total. The van der Waals surface area contributed by atoms with E-state index in [1.165, 1.54) is 0 Å². The monoisotopic (exact) mass is 411 g/mol. The summed E-state index contributed by atoms with van der Waals surface area (Å²) >= 11 is 0. The van der Waals surface area contributed by atoms with Crippen molar-refractivity contribution in [1.82, 2.24) is 25.5 Å². The van der Waals surface area contributed by atoms with Crippen LogP contribution in [0.3, 0.4) is 0 Å². The molecule has 1 fully saturated rings. The molecule has 0 unspecified atom stereocenters. The van der Waals surface area contributed by atoms with Gasteiger partial charge < -0.3 is 20.3 Å². The molecule has 1 saturated heterocycles. The van der Waals surface area contributed by atoms with Gasteiger partial charge in [0.2, 0.25) is 5.95 Å². The normalized spacial score (nSPS) is 15.1. The Balaban J connectivity index is 1.37. The van der Waals surface area contributed by atoms with Gasteiger partial charge in [0.05, 0.1) is 13.7 Å². The number of piperazine rings is 1. The van der Waals surface area contributed by atoms with Crippen LogP contribution in [0.2, 0.25) is 0 Å². The second-order valence-electron chi connectivity index (χ2n) is 7.20. The van der Waals surface area contributed by atoms with Gasteiger partial charge >= 0.3 is 0 Å². The molecule has 30 heavy (non-hydrogen) atoms. The molecular weight excluding hydrogens is 378 g/mol. The Morgan fingerprint density at radius 1 is 1.10 bits per heavy atom. The molecule has 0 amide bonds. The van der Waals surface area contributed by atoms with Crippen molar-refractivity contribution >= 4 is 11.9 Å². The van der Waals surface area contributed by atoms with E-state index in [4.69, 9.17) is 9.73 Å². The average Bonchev–Trinajstić information content (AvgIpc) is 2.81. The molecular formula is C22H33N7O. The predicted molar refractivity (Wildman–Crippen MR) is 121 cm³/mol. The summed E-state index contributed by atoms with van der Waals surface area (Å²) < 4.78 is 5.28. The van der Waals surface area contributed by atoms with E-state index < -0.39 is 0 Å². The quantitative estimate of drug-likeness (QED) is 0.370. The van der Waals surface area contributed by atoms with Crippen LogP contribution in [-0.4, -0.2) is 73.8 Å². The molecule has 8 nitrogen and oxygen atoms in total. The number of benzene rings is 1. The molecule has 8 heteroatoms. The van der Waals surface area contributed by atoms with Crippen molar-refractivity contribution in [3.63, 3.8) is 0 Å². The SMILES string of the molecule is CCNC(=NCc1cccc(OC)c1)NCCCN1CCN(c2ncccn2)CC1. The van der Waals surface area contributed by atoms with E-state index >= 15 is 0 Å². The smallest absolute Gasteiger partial charge is 0.225 e. The van der Waals surface area contributed by atoms with Gasteiger partial charge in [-0.25, -0.2) is 15.0 Å². The van der Waals surface area contributed by atoms with E-state index in [-0.39, 0.29) is 0 Å². The number of methoxy groups -OCH3 is 1. The van der Waals surface area contributed by atoms with Crippen LogP contribution in [0.25, 0.3) is 0 Å². The predicted octanol–water partition coefficient (Wildman–Crippen LogP) is 1.75. The summed E-state index contributed by atoms with van der Waals surface area (Å²) in [6.45, 7) is 9.55. The van der Waals surface area contributed by atoms with Crippen LogP contribution in [0.1, 0.15) is 18.9 Å². The van der Waals surface area contributed by atoms with Crippen molar-refractivity contribution in [2.75, 3.05) is 57.8 Å². The number of aromatic nitrogens is 2. The first-order valence-corrected chi connectivity index (χ1v) is 10.7. The van der Waals surface area contributed by atoms with Gasteiger partial charge in [-0.05, 0) is 43.7 Å². The summed E-state index contributed by atoms with van der Waals surface area (Å²) in [6, 6.07) is 9.88. The van der Waals surface area contributed by atoms with Crippen molar-refractivity contribution in [2.45, 2.75) is 19.9 Å². The van der Waals surface area contributed by atoms with Crippen LogP contribution in [0, 0.1) is 0 Å². The highest BCUT2D eigenvalue weighted by Crippen LogP contribution is 2.13. The summed E-state index contributed by atoms with van der Waals surface area (Å²) in [5, 5.41) is 6.76. The molecule has 2 heterocycles. The maximum atomic E-state index is 5.28. The van der Waals surface area contributed by atoms with Gasteiger partial charge in [-0.1, -0.05) is 12.1 Å². The second-order valence-corrected chi connectivity index (χ2v) is 7.20. The van der Waals surface area contributed by atoms with E-state index in [0.29, 0.717) is 6.54 Å². The molecule has 1 aromatic carbocycles. The number of anilines is 1. The van der Waals surface area contributed by atoms with Crippen LogP contribution < -0.4 is 20.3 Å². The third-order valence-electron chi connectivity index (χ3n) is 5.05. The lowest BCUT2D eigenvalue weighted by Crippen LogP contribution is -2.47. The third-order valence-corrected chi connectivity index (χ3v) is 5.05. The summed E-state index contributed by atoms with van der Waals surface area (Å²) in [7, 11) is 1.68. The number of hydrogen-bond donors (Lipinski definition) is 2. The zero-order valence-corrected chi connectivity index (χ0v) is 18.0. The van der Waals surface area contributed by atoms with E-state index in [1.807, 2.05) is 24.3 Å². The van der Waals surface area contributed by atoms with Gasteiger partial charge in [-0.3, -0.25) is 4.90 Å². The Kier molecular flexibility index (Phi) is 8.71. The van der Waals surface area contributed by atoms with Crippen LogP contribution in [0.4, 0.5) is 5.95 Å². The minimum absolute atomic E-state index is 0.621. The number of nitrogens with one attached hydrogen (secondary N) is 2. The van der Waals surface area contributed by atoms with Gasteiger partial charge in [0.15, 0.2) is 5.96 Å². The maximum Gasteiger partial charge on any atom is 0.225 e. The fourth-order valence-electron chi connectivity index (χ4n) is 3.42. The lowest BCUT2D eigenvalue weighted by molar-refractivity contribution is 0.254. The molecule has 1 aliphatic rings. The number of aliphatic imine (C=N–C) groups is 1. The number of guanidine groups is 1. The van der Waals surface area contributed by atoms with Crippen LogP contribution in [-0.2, 0) is 6.54 Å². The molecule has 162 valence electrons. The topological polar surface area (TPSA) is 77.9 Å². The lowest BCUT2D eigenvalue weighted by Gasteiger charge is -2.34. The van der Waals surface area contributed by atoms with Crippen LogP contribution in [0.15, 0.2) is 47.7 Å². The highest BCUT2D eigenvalue weighted by atomic mass is 16.5. The zero-order chi connectivity index (χ0) is 21.0. The molecule has 0 radical (unpaired) electrons. The van der Waals surface area contributed by atoms with Gasteiger partial charge in [0.1, 0.15) is 5.75 Å². The lowest BCUT2D eigenvalue weighted by atomic mass is 10.2. The first-order valence-electron chi connectivity index (χ1n) is 10.7. The number of rotatable bonds is 9. The molecule has 0 spiro atoms. The van der Waals surface area contributed by atoms with E-state index in [0.717, 1.165) is 75.5 Å². The van der Waals surface area contributed by atoms with Crippen molar-refractivity contribution in [2.24, 2.45) is 4.99 Å². The second kappa shape index (κ2) is 12.0. The Hall–Kier alpha value is -2.87. The van der Waals surface area contributed by atoms with Crippen molar-refractivity contribution in [1.29, 1.82) is 0 Å². The highest BCUT2D eigenvalue weighted by Gasteiger charge is 2.18. The molecule has 1 aliphatic heterocycles. The molecule has 3 rings (SSSR count). The van der Waals surface area contributed by atoms with Gasteiger partial charge in [-0.2, -0.15) is 0 Å². The summed E-state index contributed by atoms with van der Waals surface area (Å²) in [5.74, 6) is 2.55. The molecule has 2 aromatic rings. The Morgan fingerprint density at radius 3 is 2.63 bits per heavy atom. The van der Waals surface area contributed by atoms with Crippen molar-refractivity contribution in [3.8, 4) is 5.75 Å². The Labute approximate surface area is 179 Å². The largest absolute Gasteiger partial charge is 0.497 e. The molecule has 0 atom stereocenters. The fourth-order valence-corrected chi connectivity index (χ4v) is 3.42. The first kappa shape index (κ1) is 21.8. The minimum atomic E-state index is 0.621. The van der Waals surface area contributed by atoms with Crippen LogP contribution in [0.5, 0.6) is 5.75 Å². The van der Waals surface area contributed by atoms with Crippen LogP contribution >= 0.6 is 0 Å². The summed E-state index contributed by atoms with van der Waals surface area (Å²) in [4.78, 5) is 18.1. The fraction of sp³-hybridized carbons (Fsp3) is 0.500. The van der Waals surface area contributed by atoms with Gasteiger partial charge in [0, 0.05) is 51.7 Å². The standard InChI is InChI=1S/C22H33N7O/c1-3-23-21(27-18-19-7-4-8-20(17-19)30-2)24-11-6-12-28-13-15-29(16-14-28)22-25-9-5-10-26-22/h4-5,7-10,17H,3,6,11-16,18H2,1-2H3,(H2,23,24,27). The number of hydrogen-bond acceptors (Lipinski definition) is 6. The molecule has 0 bridgehead atoms. The maximum absolute atomic E-state index is 5.28.